The van der Waals surface area contributed by atoms with Crippen molar-refractivity contribution < 1.29 is 17.9 Å². The van der Waals surface area contributed by atoms with Gasteiger partial charge in [-0.05, 0) is 44.2 Å². The summed E-state index contributed by atoms with van der Waals surface area (Å²) in [5, 5.41) is 0. The van der Waals surface area contributed by atoms with Crippen LogP contribution in [0.3, 0.4) is 0 Å². The molecule has 1 aromatic carbocycles. The van der Waals surface area contributed by atoms with Crippen molar-refractivity contribution in [1.82, 2.24) is 4.31 Å². The number of nitrogens with two attached hydrogens (primary N) is 1. The highest BCUT2D eigenvalue weighted by Gasteiger charge is 2.20. The SMILES string of the molecule is CCOC(=O)c1ccc(S(=O)(=O)N(C)CCCN)cc1. The first-order valence-corrected chi connectivity index (χ1v) is 7.81. The highest BCUT2D eigenvalue weighted by Crippen LogP contribution is 2.15. The molecule has 0 spiro atoms. The van der Waals surface area contributed by atoms with E-state index in [9.17, 15) is 13.2 Å². The van der Waals surface area contributed by atoms with Gasteiger partial charge in [0.05, 0.1) is 17.1 Å². The number of carbonyl (C=O) groups is 1. The quantitative estimate of drug-likeness (QED) is 0.753. The first kappa shape index (κ1) is 16.6. The van der Waals surface area contributed by atoms with Crippen LogP contribution in [0.4, 0.5) is 0 Å². The van der Waals surface area contributed by atoms with Gasteiger partial charge in [-0.15, -0.1) is 0 Å². The molecule has 0 aliphatic heterocycles. The van der Waals surface area contributed by atoms with E-state index in [1.165, 1.54) is 35.6 Å². The Labute approximate surface area is 119 Å². The molecule has 1 aromatic rings. The summed E-state index contributed by atoms with van der Waals surface area (Å²) in [6.45, 7) is 2.78. The van der Waals surface area contributed by atoms with Crippen LogP contribution in [0.15, 0.2) is 29.2 Å². The largest absolute Gasteiger partial charge is 0.462 e. The average molecular weight is 300 g/mol. The molecule has 0 bridgehead atoms. The van der Waals surface area contributed by atoms with Crippen LogP contribution in [0, 0.1) is 0 Å². The maximum absolute atomic E-state index is 12.2. The van der Waals surface area contributed by atoms with E-state index in [2.05, 4.69) is 0 Å². The zero-order chi connectivity index (χ0) is 15.2. The van der Waals surface area contributed by atoms with Crippen molar-refractivity contribution >= 4 is 16.0 Å². The summed E-state index contributed by atoms with van der Waals surface area (Å²) in [7, 11) is -2.04. The lowest BCUT2D eigenvalue weighted by molar-refractivity contribution is 0.0526. The molecule has 0 fully saturated rings. The first-order valence-electron chi connectivity index (χ1n) is 6.37. The lowest BCUT2D eigenvalue weighted by Crippen LogP contribution is -2.29. The number of rotatable bonds is 7. The predicted octanol–water partition coefficient (Wildman–Crippen LogP) is 0.833. The molecule has 0 aliphatic rings. The Morgan fingerprint density at radius 2 is 1.90 bits per heavy atom. The number of hydrogen-bond donors (Lipinski definition) is 1. The normalized spacial score (nSPS) is 11.6. The van der Waals surface area contributed by atoms with E-state index in [4.69, 9.17) is 10.5 Å². The number of carbonyl (C=O) groups excluding carboxylic acids is 1. The second-order valence-corrected chi connectivity index (χ2v) is 6.26. The van der Waals surface area contributed by atoms with Crippen molar-refractivity contribution in [2.45, 2.75) is 18.2 Å². The molecule has 0 aliphatic carbocycles. The van der Waals surface area contributed by atoms with E-state index in [1.807, 2.05) is 0 Å². The van der Waals surface area contributed by atoms with Gasteiger partial charge in [-0.2, -0.15) is 0 Å². The van der Waals surface area contributed by atoms with Crippen LogP contribution in [0.1, 0.15) is 23.7 Å². The molecule has 2 N–H and O–H groups in total. The van der Waals surface area contributed by atoms with Gasteiger partial charge < -0.3 is 10.5 Å². The van der Waals surface area contributed by atoms with Gasteiger partial charge >= 0.3 is 5.97 Å². The lowest BCUT2D eigenvalue weighted by atomic mass is 10.2. The number of esters is 1. The van der Waals surface area contributed by atoms with Gasteiger partial charge in [0.15, 0.2) is 0 Å². The van der Waals surface area contributed by atoms with Crippen molar-refractivity contribution in [3.63, 3.8) is 0 Å². The Hall–Kier alpha value is -1.44. The molecule has 0 amide bonds. The molecule has 0 aromatic heterocycles. The standard InChI is InChI=1S/C13H20N2O4S/c1-3-19-13(16)11-5-7-12(8-6-11)20(17,18)15(2)10-4-9-14/h5-8H,3-4,9-10,14H2,1-2H3. The molecule has 1 rings (SSSR count). The Morgan fingerprint density at radius 3 is 2.40 bits per heavy atom. The topological polar surface area (TPSA) is 89.7 Å². The van der Waals surface area contributed by atoms with E-state index in [-0.39, 0.29) is 11.5 Å². The molecule has 0 atom stereocenters. The molecular weight excluding hydrogens is 280 g/mol. The highest BCUT2D eigenvalue weighted by atomic mass is 32.2. The molecule has 6 nitrogen and oxygen atoms in total. The second kappa shape index (κ2) is 7.37. The smallest absolute Gasteiger partial charge is 0.338 e. The maximum Gasteiger partial charge on any atom is 0.338 e. The number of sulfonamides is 1. The Bertz CT molecular complexity index is 540. The summed E-state index contributed by atoms with van der Waals surface area (Å²) in [6.07, 6.45) is 0.594. The van der Waals surface area contributed by atoms with Crippen molar-refractivity contribution in [1.29, 1.82) is 0 Å². The molecule has 7 heteroatoms. The molecule has 0 saturated heterocycles. The van der Waals surface area contributed by atoms with Gasteiger partial charge in [0.25, 0.3) is 0 Å². The molecule has 0 radical (unpaired) electrons. The third kappa shape index (κ3) is 4.03. The number of benzene rings is 1. The number of nitrogens with zero attached hydrogens (tertiary/aromatic N) is 1. The minimum absolute atomic E-state index is 0.144. The molecule has 112 valence electrons. The third-order valence-corrected chi connectivity index (χ3v) is 4.62. The van der Waals surface area contributed by atoms with Crippen LogP contribution in [-0.4, -0.2) is 45.4 Å². The van der Waals surface area contributed by atoms with Crippen LogP contribution in [0.5, 0.6) is 0 Å². The maximum atomic E-state index is 12.2. The molecule has 0 heterocycles. The molecule has 0 unspecified atom stereocenters. The van der Waals surface area contributed by atoms with Gasteiger partial charge in [0, 0.05) is 13.6 Å². The fraction of sp³-hybridized carbons (Fsp3) is 0.462. The van der Waals surface area contributed by atoms with Crippen molar-refractivity contribution in [2.75, 3.05) is 26.7 Å². The van der Waals surface area contributed by atoms with Crippen LogP contribution < -0.4 is 5.73 Å². The average Bonchev–Trinajstić information content (AvgIpc) is 2.45. The van der Waals surface area contributed by atoms with Gasteiger partial charge in [0.2, 0.25) is 10.0 Å². The van der Waals surface area contributed by atoms with E-state index in [0.29, 0.717) is 25.1 Å². The number of hydrogen-bond acceptors (Lipinski definition) is 5. The van der Waals surface area contributed by atoms with Crippen LogP contribution in [0.2, 0.25) is 0 Å². The summed E-state index contributed by atoms with van der Waals surface area (Å²) < 4.78 is 30.5. The first-order chi connectivity index (χ1) is 9.43. The molecule has 20 heavy (non-hydrogen) atoms. The van der Waals surface area contributed by atoms with E-state index in [1.54, 1.807) is 6.92 Å². The summed E-state index contributed by atoms with van der Waals surface area (Å²) in [5.74, 6) is -0.465. The molecule has 0 saturated carbocycles. The predicted molar refractivity (Wildman–Crippen MR) is 75.9 cm³/mol. The fourth-order valence-electron chi connectivity index (χ4n) is 1.59. The van der Waals surface area contributed by atoms with Crippen LogP contribution >= 0.6 is 0 Å². The third-order valence-electron chi connectivity index (χ3n) is 2.75. The summed E-state index contributed by atoms with van der Waals surface area (Å²) >= 11 is 0. The fourth-order valence-corrected chi connectivity index (χ4v) is 2.80. The summed E-state index contributed by atoms with van der Waals surface area (Å²) in [5.41, 5.74) is 5.70. The van der Waals surface area contributed by atoms with E-state index in [0.717, 1.165) is 0 Å². The van der Waals surface area contributed by atoms with Crippen molar-refractivity contribution in [2.24, 2.45) is 5.73 Å². The van der Waals surface area contributed by atoms with Gasteiger partial charge in [0.1, 0.15) is 0 Å². The van der Waals surface area contributed by atoms with Gasteiger partial charge in [-0.3, -0.25) is 0 Å². The highest BCUT2D eigenvalue weighted by molar-refractivity contribution is 7.89. The zero-order valence-electron chi connectivity index (χ0n) is 11.7. The van der Waals surface area contributed by atoms with E-state index < -0.39 is 16.0 Å². The van der Waals surface area contributed by atoms with E-state index >= 15 is 0 Å². The van der Waals surface area contributed by atoms with Crippen molar-refractivity contribution in [3.8, 4) is 0 Å². The van der Waals surface area contributed by atoms with Gasteiger partial charge in [-0.1, -0.05) is 0 Å². The van der Waals surface area contributed by atoms with Crippen LogP contribution in [0.25, 0.3) is 0 Å². The minimum Gasteiger partial charge on any atom is -0.462 e. The zero-order valence-corrected chi connectivity index (χ0v) is 12.5. The summed E-state index contributed by atoms with van der Waals surface area (Å²) in [4.78, 5) is 11.6. The molecular formula is C13H20N2O4S. The Balaban J connectivity index is 2.89. The Morgan fingerprint density at radius 1 is 1.30 bits per heavy atom. The van der Waals surface area contributed by atoms with Gasteiger partial charge in [-0.25, -0.2) is 17.5 Å². The van der Waals surface area contributed by atoms with Crippen LogP contribution in [-0.2, 0) is 14.8 Å². The second-order valence-electron chi connectivity index (χ2n) is 4.21. The lowest BCUT2D eigenvalue weighted by Gasteiger charge is -2.16. The Kier molecular flexibility index (Phi) is 6.12. The van der Waals surface area contributed by atoms with Crippen molar-refractivity contribution in [3.05, 3.63) is 29.8 Å². The number of ether oxygens (including phenoxy) is 1. The minimum atomic E-state index is -3.54. The monoisotopic (exact) mass is 300 g/mol. The summed E-state index contributed by atoms with van der Waals surface area (Å²) in [6, 6.07) is 5.70.